The van der Waals surface area contributed by atoms with E-state index in [9.17, 15) is 0 Å². The molecule has 0 saturated carbocycles. The Balaban J connectivity index is 2.16. The van der Waals surface area contributed by atoms with Gasteiger partial charge in [-0.1, -0.05) is 226 Å². The minimum atomic E-state index is 0.638. The molecular weight excluding hydrogens is 556 g/mol. The summed E-state index contributed by atoms with van der Waals surface area (Å²) in [6.07, 6.45) is 57.4. The van der Waals surface area contributed by atoms with Crippen molar-refractivity contribution in [3.05, 3.63) is 12.4 Å². The summed E-state index contributed by atoms with van der Waals surface area (Å²) in [5.41, 5.74) is 0. The summed E-state index contributed by atoms with van der Waals surface area (Å²) in [5, 5.41) is 0. The van der Waals surface area contributed by atoms with Crippen LogP contribution in [0.25, 0.3) is 0 Å². The van der Waals surface area contributed by atoms with E-state index in [0.29, 0.717) is 6.17 Å². The molecule has 0 saturated heterocycles. The fraction of sp³-hybridized carbons (Fsp3) is 0.955. The van der Waals surface area contributed by atoms with Gasteiger partial charge < -0.3 is 9.80 Å². The molecular formula is C44H88N2. The minimum Gasteiger partial charge on any atom is -0.356 e. The average Bonchev–Trinajstić information content (AvgIpc) is 3.45. The summed E-state index contributed by atoms with van der Waals surface area (Å²) >= 11 is 0. The molecule has 0 spiro atoms. The van der Waals surface area contributed by atoms with Gasteiger partial charge in [0, 0.05) is 25.5 Å². The molecule has 1 unspecified atom stereocenters. The van der Waals surface area contributed by atoms with Gasteiger partial charge in [-0.05, 0) is 25.7 Å². The lowest BCUT2D eigenvalue weighted by atomic mass is 10.0. The normalized spacial score (nSPS) is 14.7. The summed E-state index contributed by atoms with van der Waals surface area (Å²) in [7, 11) is 0. The van der Waals surface area contributed by atoms with E-state index in [1.165, 1.54) is 244 Å². The van der Waals surface area contributed by atoms with Gasteiger partial charge in [0.25, 0.3) is 0 Å². The minimum absolute atomic E-state index is 0.638. The predicted molar refractivity (Wildman–Crippen MR) is 210 cm³/mol. The molecule has 0 N–H and O–H groups in total. The zero-order chi connectivity index (χ0) is 33.0. The highest BCUT2D eigenvalue weighted by molar-refractivity contribution is 4.97. The lowest BCUT2D eigenvalue weighted by molar-refractivity contribution is 0.135. The smallest absolute Gasteiger partial charge is 0.101 e. The molecule has 1 atom stereocenters. The second kappa shape index (κ2) is 35.6. The van der Waals surface area contributed by atoms with Gasteiger partial charge in [0.15, 0.2) is 0 Å². The van der Waals surface area contributed by atoms with Crippen molar-refractivity contribution < 1.29 is 0 Å². The first-order chi connectivity index (χ1) is 22.8. The van der Waals surface area contributed by atoms with E-state index in [1.54, 1.807) is 0 Å². The molecule has 274 valence electrons. The van der Waals surface area contributed by atoms with Gasteiger partial charge in [0.2, 0.25) is 0 Å². The van der Waals surface area contributed by atoms with Gasteiger partial charge in [-0.25, -0.2) is 0 Å². The van der Waals surface area contributed by atoms with Crippen LogP contribution >= 0.6 is 0 Å². The van der Waals surface area contributed by atoms with Crippen molar-refractivity contribution >= 4 is 0 Å². The summed E-state index contributed by atoms with van der Waals surface area (Å²) in [5.74, 6) is 0. The summed E-state index contributed by atoms with van der Waals surface area (Å²) in [6.45, 7) is 9.49. The zero-order valence-corrected chi connectivity index (χ0v) is 32.5. The summed E-state index contributed by atoms with van der Waals surface area (Å²) < 4.78 is 0. The lowest BCUT2D eigenvalue weighted by Gasteiger charge is -2.33. The first kappa shape index (κ1) is 43.4. The number of hydrogen-bond donors (Lipinski definition) is 0. The lowest BCUT2D eigenvalue weighted by Crippen LogP contribution is -2.39. The Morgan fingerprint density at radius 2 is 0.500 bits per heavy atom. The van der Waals surface area contributed by atoms with E-state index in [4.69, 9.17) is 0 Å². The molecule has 2 nitrogen and oxygen atoms in total. The third kappa shape index (κ3) is 27.3. The van der Waals surface area contributed by atoms with E-state index in [1.807, 2.05) is 0 Å². The highest BCUT2D eigenvalue weighted by atomic mass is 15.4. The van der Waals surface area contributed by atoms with Gasteiger partial charge in [0.05, 0.1) is 0 Å². The van der Waals surface area contributed by atoms with Crippen LogP contribution in [-0.2, 0) is 0 Å². The molecule has 0 aromatic heterocycles. The Bertz CT molecular complexity index is 601. The second-order valence-corrected chi connectivity index (χ2v) is 15.4. The van der Waals surface area contributed by atoms with Crippen LogP contribution in [0.2, 0.25) is 0 Å². The summed E-state index contributed by atoms with van der Waals surface area (Å²) in [6, 6.07) is 0. The van der Waals surface area contributed by atoms with Crippen LogP contribution < -0.4 is 0 Å². The third-order valence-electron chi connectivity index (χ3n) is 10.8. The van der Waals surface area contributed by atoms with Crippen LogP contribution in [0.15, 0.2) is 12.4 Å². The molecule has 1 aliphatic heterocycles. The van der Waals surface area contributed by atoms with Gasteiger partial charge >= 0.3 is 0 Å². The number of unbranched alkanes of at least 4 members (excludes halogenated alkanes) is 32. The maximum Gasteiger partial charge on any atom is 0.101 e. The monoisotopic (exact) mass is 645 g/mol. The van der Waals surface area contributed by atoms with Crippen LogP contribution in [0, 0.1) is 0 Å². The SMILES string of the molecule is CCCCCCCCCCCCCCCCCCCC1N(CCCCCCCCCC)C=CN1CCCCCCCCCCCC. The quantitative estimate of drug-likeness (QED) is 0.0617. The van der Waals surface area contributed by atoms with Gasteiger partial charge in [-0.15, -0.1) is 0 Å². The third-order valence-corrected chi connectivity index (χ3v) is 10.8. The molecule has 0 aromatic carbocycles. The first-order valence-corrected chi connectivity index (χ1v) is 22.0. The van der Waals surface area contributed by atoms with Crippen molar-refractivity contribution in [3.63, 3.8) is 0 Å². The Morgan fingerprint density at radius 3 is 0.761 bits per heavy atom. The first-order valence-electron chi connectivity index (χ1n) is 22.0. The van der Waals surface area contributed by atoms with Crippen molar-refractivity contribution in [1.82, 2.24) is 9.80 Å². The topological polar surface area (TPSA) is 6.48 Å². The van der Waals surface area contributed by atoms with Crippen molar-refractivity contribution in [2.45, 2.75) is 258 Å². The molecule has 46 heavy (non-hydrogen) atoms. The number of rotatable bonds is 38. The van der Waals surface area contributed by atoms with E-state index in [0.717, 1.165) is 0 Å². The van der Waals surface area contributed by atoms with Gasteiger partial charge in [-0.3, -0.25) is 0 Å². The van der Waals surface area contributed by atoms with Crippen LogP contribution in [0.3, 0.4) is 0 Å². The van der Waals surface area contributed by atoms with E-state index < -0.39 is 0 Å². The predicted octanol–water partition coefficient (Wildman–Crippen LogP) is 15.5. The fourth-order valence-electron chi connectivity index (χ4n) is 7.60. The maximum absolute atomic E-state index is 2.72. The Kier molecular flexibility index (Phi) is 33.6. The Hall–Kier alpha value is -0.660. The molecule has 0 bridgehead atoms. The number of nitrogens with zero attached hydrogens (tertiary/aromatic N) is 2. The standard InChI is InChI=1S/C44H88N2/c1-4-7-10-13-16-19-21-22-23-24-25-26-27-28-30-33-36-39-44-45(40-37-34-31-18-15-12-9-6-3)42-43-46(44)41-38-35-32-29-20-17-14-11-8-5-2/h42-44H,4-41H2,1-3H3. The molecule has 0 radical (unpaired) electrons. The van der Waals surface area contributed by atoms with E-state index in [2.05, 4.69) is 43.0 Å². The zero-order valence-electron chi connectivity index (χ0n) is 32.5. The highest BCUT2D eigenvalue weighted by Crippen LogP contribution is 2.24. The maximum atomic E-state index is 2.72. The molecule has 1 aliphatic rings. The average molecular weight is 645 g/mol. The Labute approximate surface area is 292 Å². The Morgan fingerprint density at radius 1 is 0.283 bits per heavy atom. The highest BCUT2D eigenvalue weighted by Gasteiger charge is 2.24. The van der Waals surface area contributed by atoms with Crippen LogP contribution in [-0.4, -0.2) is 29.1 Å². The van der Waals surface area contributed by atoms with Crippen LogP contribution in [0.1, 0.15) is 252 Å². The molecule has 0 aromatic rings. The largest absolute Gasteiger partial charge is 0.356 e. The molecule has 0 aliphatic carbocycles. The van der Waals surface area contributed by atoms with Crippen molar-refractivity contribution in [2.24, 2.45) is 0 Å². The van der Waals surface area contributed by atoms with Crippen LogP contribution in [0.5, 0.6) is 0 Å². The molecule has 0 fully saturated rings. The fourth-order valence-corrected chi connectivity index (χ4v) is 7.60. The number of hydrogen-bond acceptors (Lipinski definition) is 2. The molecule has 2 heteroatoms. The molecule has 1 rings (SSSR count). The van der Waals surface area contributed by atoms with Gasteiger partial charge in [0.1, 0.15) is 6.17 Å². The van der Waals surface area contributed by atoms with Crippen molar-refractivity contribution in [1.29, 1.82) is 0 Å². The molecule has 0 amide bonds. The van der Waals surface area contributed by atoms with E-state index in [-0.39, 0.29) is 0 Å². The van der Waals surface area contributed by atoms with Crippen molar-refractivity contribution in [3.8, 4) is 0 Å². The molecule has 1 heterocycles. The second-order valence-electron chi connectivity index (χ2n) is 15.4. The summed E-state index contributed by atoms with van der Waals surface area (Å²) in [4.78, 5) is 5.45. The van der Waals surface area contributed by atoms with Gasteiger partial charge in [-0.2, -0.15) is 0 Å². The van der Waals surface area contributed by atoms with E-state index >= 15 is 0 Å². The van der Waals surface area contributed by atoms with Crippen molar-refractivity contribution in [2.75, 3.05) is 13.1 Å². The van der Waals surface area contributed by atoms with Crippen LogP contribution in [0.4, 0.5) is 0 Å².